The monoisotopic (exact) mass is 256 g/mol. The Balaban J connectivity index is 1.96. The van der Waals surface area contributed by atoms with Gasteiger partial charge in [0.1, 0.15) is 0 Å². The third kappa shape index (κ3) is 3.63. The Hall–Kier alpha value is -2.20. The van der Waals surface area contributed by atoms with Gasteiger partial charge in [0.2, 0.25) is 0 Å². The van der Waals surface area contributed by atoms with E-state index >= 15 is 0 Å². The highest BCUT2D eigenvalue weighted by Crippen LogP contribution is 2.06. The van der Waals surface area contributed by atoms with Gasteiger partial charge in [-0.2, -0.15) is 0 Å². The Labute approximate surface area is 112 Å². The Bertz CT molecular complexity index is 565. The van der Waals surface area contributed by atoms with E-state index in [0.29, 0.717) is 18.8 Å². The molecule has 4 heteroatoms. The highest BCUT2D eigenvalue weighted by Gasteiger charge is 2.09. The van der Waals surface area contributed by atoms with Crippen LogP contribution in [0.2, 0.25) is 0 Å². The SMILES string of the molecule is Cc1ccc(CNCc2ncccc2C(=O)O)cc1. The van der Waals surface area contributed by atoms with Crippen LogP contribution >= 0.6 is 0 Å². The minimum atomic E-state index is -0.944. The molecule has 0 saturated heterocycles. The Morgan fingerprint density at radius 3 is 2.63 bits per heavy atom. The van der Waals surface area contributed by atoms with Crippen LogP contribution in [0, 0.1) is 6.92 Å². The third-order valence-electron chi connectivity index (χ3n) is 2.86. The quantitative estimate of drug-likeness (QED) is 0.862. The van der Waals surface area contributed by atoms with Crippen molar-refractivity contribution in [2.45, 2.75) is 20.0 Å². The lowest BCUT2D eigenvalue weighted by Crippen LogP contribution is -2.16. The van der Waals surface area contributed by atoms with Gasteiger partial charge in [-0.25, -0.2) is 4.79 Å². The summed E-state index contributed by atoms with van der Waals surface area (Å²) in [7, 11) is 0. The molecule has 0 aliphatic rings. The lowest BCUT2D eigenvalue weighted by Gasteiger charge is -2.07. The first-order valence-corrected chi connectivity index (χ1v) is 6.10. The molecule has 0 aliphatic carbocycles. The molecule has 2 rings (SSSR count). The van der Waals surface area contributed by atoms with Crippen molar-refractivity contribution in [3.8, 4) is 0 Å². The third-order valence-corrected chi connectivity index (χ3v) is 2.86. The maximum atomic E-state index is 11.0. The summed E-state index contributed by atoms with van der Waals surface area (Å²) in [5, 5.41) is 12.3. The van der Waals surface area contributed by atoms with Gasteiger partial charge in [-0.15, -0.1) is 0 Å². The molecule has 0 amide bonds. The molecule has 0 fully saturated rings. The number of nitrogens with zero attached hydrogens (tertiary/aromatic N) is 1. The zero-order chi connectivity index (χ0) is 13.7. The molecule has 0 atom stereocenters. The van der Waals surface area contributed by atoms with Crippen molar-refractivity contribution in [3.05, 3.63) is 65.0 Å². The number of aromatic carboxylic acids is 1. The molecule has 0 radical (unpaired) electrons. The van der Waals surface area contributed by atoms with Crippen molar-refractivity contribution in [3.63, 3.8) is 0 Å². The fraction of sp³-hybridized carbons (Fsp3) is 0.200. The van der Waals surface area contributed by atoms with Gasteiger partial charge < -0.3 is 10.4 Å². The highest BCUT2D eigenvalue weighted by molar-refractivity contribution is 5.88. The largest absolute Gasteiger partial charge is 0.478 e. The summed E-state index contributed by atoms with van der Waals surface area (Å²) in [6.07, 6.45) is 1.61. The first-order valence-electron chi connectivity index (χ1n) is 6.10. The van der Waals surface area contributed by atoms with E-state index in [0.717, 1.165) is 0 Å². The van der Waals surface area contributed by atoms with Gasteiger partial charge in [0, 0.05) is 19.3 Å². The normalized spacial score (nSPS) is 10.4. The standard InChI is InChI=1S/C15H16N2O2/c1-11-4-6-12(7-5-11)9-16-10-14-13(15(18)19)3-2-8-17-14/h2-8,16H,9-10H2,1H3,(H,18,19). The molecule has 4 nitrogen and oxygen atoms in total. The molecule has 1 aromatic heterocycles. The maximum Gasteiger partial charge on any atom is 0.337 e. The molecule has 0 aliphatic heterocycles. The van der Waals surface area contributed by atoms with Crippen LogP contribution in [0.1, 0.15) is 27.2 Å². The van der Waals surface area contributed by atoms with Crippen LogP contribution in [0.15, 0.2) is 42.6 Å². The smallest absolute Gasteiger partial charge is 0.337 e. The molecular formula is C15H16N2O2. The Kier molecular flexibility index (Phi) is 4.26. The number of pyridine rings is 1. The number of hydrogen-bond donors (Lipinski definition) is 2. The predicted molar refractivity (Wildman–Crippen MR) is 72.9 cm³/mol. The van der Waals surface area contributed by atoms with Gasteiger partial charge in [0.05, 0.1) is 11.3 Å². The fourth-order valence-electron chi connectivity index (χ4n) is 1.80. The number of benzene rings is 1. The van der Waals surface area contributed by atoms with E-state index in [1.54, 1.807) is 18.3 Å². The zero-order valence-corrected chi connectivity index (χ0v) is 10.8. The Morgan fingerprint density at radius 2 is 1.95 bits per heavy atom. The minimum Gasteiger partial charge on any atom is -0.478 e. The summed E-state index contributed by atoms with van der Waals surface area (Å²) in [4.78, 5) is 15.1. The van der Waals surface area contributed by atoms with E-state index in [9.17, 15) is 4.79 Å². The second-order valence-electron chi connectivity index (χ2n) is 4.39. The molecule has 98 valence electrons. The number of carbonyl (C=O) groups is 1. The van der Waals surface area contributed by atoms with Crippen molar-refractivity contribution >= 4 is 5.97 Å². The first-order chi connectivity index (χ1) is 9.16. The number of rotatable bonds is 5. The summed E-state index contributed by atoms with van der Waals surface area (Å²) < 4.78 is 0. The van der Waals surface area contributed by atoms with Crippen molar-refractivity contribution in [1.82, 2.24) is 10.3 Å². The van der Waals surface area contributed by atoms with Crippen LogP contribution in [-0.2, 0) is 13.1 Å². The summed E-state index contributed by atoms with van der Waals surface area (Å²) in [6, 6.07) is 11.4. The van der Waals surface area contributed by atoms with Crippen LogP contribution < -0.4 is 5.32 Å². The van der Waals surface area contributed by atoms with E-state index in [1.807, 2.05) is 6.92 Å². The van der Waals surface area contributed by atoms with Gasteiger partial charge in [0.25, 0.3) is 0 Å². The van der Waals surface area contributed by atoms with Gasteiger partial charge in [-0.05, 0) is 24.6 Å². The molecule has 2 N–H and O–H groups in total. The molecule has 19 heavy (non-hydrogen) atoms. The topological polar surface area (TPSA) is 62.2 Å². The molecule has 2 aromatic rings. The molecule has 0 saturated carbocycles. The number of carboxylic acid groups (broad SMARTS) is 1. The second-order valence-corrected chi connectivity index (χ2v) is 4.39. The maximum absolute atomic E-state index is 11.0. The molecular weight excluding hydrogens is 240 g/mol. The minimum absolute atomic E-state index is 0.249. The lowest BCUT2D eigenvalue weighted by atomic mass is 10.1. The summed E-state index contributed by atoms with van der Waals surface area (Å²) >= 11 is 0. The van der Waals surface area contributed by atoms with E-state index in [-0.39, 0.29) is 5.56 Å². The summed E-state index contributed by atoms with van der Waals surface area (Å²) in [5.74, 6) is -0.944. The molecule has 0 unspecified atom stereocenters. The average Bonchev–Trinajstić information content (AvgIpc) is 2.41. The summed E-state index contributed by atoms with van der Waals surface area (Å²) in [6.45, 7) is 3.18. The number of aryl methyl sites for hydroxylation is 1. The van der Waals surface area contributed by atoms with Gasteiger partial charge in [0.15, 0.2) is 0 Å². The Morgan fingerprint density at radius 1 is 1.21 bits per heavy atom. The van der Waals surface area contributed by atoms with E-state index in [4.69, 9.17) is 5.11 Å². The average molecular weight is 256 g/mol. The predicted octanol–water partition coefficient (Wildman–Crippen LogP) is 2.38. The first kappa shape index (κ1) is 13.2. The zero-order valence-electron chi connectivity index (χ0n) is 10.8. The van der Waals surface area contributed by atoms with Crippen LogP contribution in [0.3, 0.4) is 0 Å². The van der Waals surface area contributed by atoms with Crippen molar-refractivity contribution < 1.29 is 9.90 Å². The van der Waals surface area contributed by atoms with E-state index in [1.165, 1.54) is 11.1 Å². The van der Waals surface area contributed by atoms with Gasteiger partial charge in [-0.1, -0.05) is 29.8 Å². The molecule has 1 heterocycles. The fourth-order valence-corrected chi connectivity index (χ4v) is 1.80. The van der Waals surface area contributed by atoms with Crippen LogP contribution in [0.5, 0.6) is 0 Å². The highest BCUT2D eigenvalue weighted by atomic mass is 16.4. The molecule has 0 spiro atoms. The van der Waals surface area contributed by atoms with E-state index in [2.05, 4.69) is 34.6 Å². The van der Waals surface area contributed by atoms with Crippen molar-refractivity contribution in [2.24, 2.45) is 0 Å². The molecule has 0 bridgehead atoms. The molecule has 1 aromatic carbocycles. The van der Waals surface area contributed by atoms with Gasteiger partial charge >= 0.3 is 5.97 Å². The van der Waals surface area contributed by atoms with Crippen LogP contribution in [0.4, 0.5) is 0 Å². The van der Waals surface area contributed by atoms with Crippen LogP contribution in [0.25, 0.3) is 0 Å². The van der Waals surface area contributed by atoms with Crippen molar-refractivity contribution in [2.75, 3.05) is 0 Å². The number of nitrogens with one attached hydrogen (secondary N) is 1. The number of hydrogen-bond acceptors (Lipinski definition) is 3. The lowest BCUT2D eigenvalue weighted by molar-refractivity contribution is 0.0695. The summed E-state index contributed by atoms with van der Waals surface area (Å²) in [5.41, 5.74) is 3.20. The van der Waals surface area contributed by atoms with Gasteiger partial charge in [-0.3, -0.25) is 4.98 Å². The van der Waals surface area contributed by atoms with Crippen molar-refractivity contribution in [1.29, 1.82) is 0 Å². The number of aromatic nitrogens is 1. The van der Waals surface area contributed by atoms with Crippen LogP contribution in [-0.4, -0.2) is 16.1 Å². The second kappa shape index (κ2) is 6.11. The van der Waals surface area contributed by atoms with E-state index < -0.39 is 5.97 Å². The number of carboxylic acids is 1.